The van der Waals surface area contributed by atoms with Gasteiger partial charge in [0.15, 0.2) is 0 Å². The normalized spacial score (nSPS) is 25.8. The maximum Gasteiger partial charge on any atom is 0.391 e. The molecular weight excluding hydrogens is 265 g/mol. The highest BCUT2D eigenvalue weighted by Crippen LogP contribution is 2.39. The molecule has 1 saturated carbocycles. The molecule has 0 aromatic rings. The molecule has 2 nitrogen and oxygen atoms in total. The Balaban J connectivity index is 1.75. The molecule has 2 fully saturated rings. The van der Waals surface area contributed by atoms with Crippen LogP contribution in [0.25, 0.3) is 0 Å². The van der Waals surface area contributed by atoms with E-state index in [9.17, 15) is 13.2 Å². The highest BCUT2D eigenvalue weighted by atomic mass is 19.4. The van der Waals surface area contributed by atoms with Gasteiger partial charge in [-0.25, -0.2) is 0 Å². The van der Waals surface area contributed by atoms with Crippen molar-refractivity contribution in [3.05, 3.63) is 0 Å². The van der Waals surface area contributed by atoms with Gasteiger partial charge in [0.1, 0.15) is 0 Å². The second kappa shape index (κ2) is 6.65. The van der Waals surface area contributed by atoms with Crippen LogP contribution in [-0.2, 0) is 0 Å². The number of halogens is 3. The third-order valence-electron chi connectivity index (χ3n) is 5.36. The van der Waals surface area contributed by atoms with Crippen molar-refractivity contribution in [3.8, 4) is 0 Å². The molecule has 0 atom stereocenters. The van der Waals surface area contributed by atoms with Crippen LogP contribution in [0.15, 0.2) is 0 Å². The van der Waals surface area contributed by atoms with E-state index in [0.29, 0.717) is 13.1 Å². The number of rotatable bonds is 4. The van der Waals surface area contributed by atoms with E-state index in [1.165, 1.54) is 32.1 Å². The van der Waals surface area contributed by atoms with Crippen molar-refractivity contribution in [2.75, 3.05) is 26.2 Å². The lowest BCUT2D eigenvalue weighted by molar-refractivity contribution is -0.185. The minimum Gasteiger partial charge on any atom is -0.330 e. The second-order valence-corrected chi connectivity index (χ2v) is 6.67. The van der Waals surface area contributed by atoms with Gasteiger partial charge in [0.2, 0.25) is 0 Å². The predicted octanol–water partition coefficient (Wildman–Crippen LogP) is 3.56. The first-order chi connectivity index (χ1) is 9.45. The summed E-state index contributed by atoms with van der Waals surface area (Å²) in [5.74, 6) is -1.09. The van der Waals surface area contributed by atoms with E-state index in [0.717, 1.165) is 19.5 Å². The van der Waals surface area contributed by atoms with E-state index in [4.69, 9.17) is 5.73 Å². The van der Waals surface area contributed by atoms with Crippen molar-refractivity contribution < 1.29 is 13.2 Å². The number of hydrogen-bond donors (Lipinski definition) is 1. The molecule has 2 N–H and O–H groups in total. The first kappa shape index (κ1) is 16.1. The molecule has 0 aromatic heterocycles. The molecule has 20 heavy (non-hydrogen) atoms. The summed E-state index contributed by atoms with van der Waals surface area (Å²) in [4.78, 5) is 2.20. The molecule has 118 valence electrons. The molecule has 0 radical (unpaired) electrons. The van der Waals surface area contributed by atoms with Crippen molar-refractivity contribution in [2.24, 2.45) is 17.1 Å². The first-order valence-corrected chi connectivity index (χ1v) is 7.94. The number of alkyl halides is 3. The van der Waals surface area contributed by atoms with E-state index in [-0.39, 0.29) is 18.3 Å². The molecule has 0 unspecified atom stereocenters. The number of likely N-dealkylation sites (tertiary alicyclic amines) is 1. The van der Waals surface area contributed by atoms with Crippen LogP contribution in [0.4, 0.5) is 13.2 Å². The van der Waals surface area contributed by atoms with Crippen LogP contribution in [0, 0.1) is 11.3 Å². The zero-order chi connectivity index (χ0) is 14.6. The molecular formula is C15H27F3N2. The SMILES string of the molecule is NCC1(CCN2CCC(C(F)(F)F)CC2)CCCCC1. The van der Waals surface area contributed by atoms with Crippen molar-refractivity contribution in [3.63, 3.8) is 0 Å². The van der Waals surface area contributed by atoms with Crippen molar-refractivity contribution in [2.45, 2.75) is 57.5 Å². The van der Waals surface area contributed by atoms with Crippen LogP contribution in [0.1, 0.15) is 51.4 Å². The second-order valence-electron chi connectivity index (χ2n) is 6.67. The van der Waals surface area contributed by atoms with Gasteiger partial charge < -0.3 is 10.6 Å². The van der Waals surface area contributed by atoms with Crippen LogP contribution >= 0.6 is 0 Å². The summed E-state index contributed by atoms with van der Waals surface area (Å²) in [7, 11) is 0. The summed E-state index contributed by atoms with van der Waals surface area (Å²) >= 11 is 0. The largest absolute Gasteiger partial charge is 0.391 e. The summed E-state index contributed by atoms with van der Waals surface area (Å²) in [5.41, 5.74) is 6.23. The molecule has 1 saturated heterocycles. The maximum absolute atomic E-state index is 12.6. The fourth-order valence-electron chi connectivity index (χ4n) is 3.74. The summed E-state index contributed by atoms with van der Waals surface area (Å²) < 4.78 is 37.9. The third kappa shape index (κ3) is 4.10. The summed E-state index contributed by atoms with van der Waals surface area (Å²) in [6.45, 7) is 2.82. The lowest BCUT2D eigenvalue weighted by Gasteiger charge is -2.39. The van der Waals surface area contributed by atoms with Gasteiger partial charge in [-0.1, -0.05) is 19.3 Å². The van der Waals surface area contributed by atoms with Gasteiger partial charge in [-0.2, -0.15) is 13.2 Å². The Hall–Kier alpha value is -0.290. The van der Waals surface area contributed by atoms with Crippen LogP contribution in [0.2, 0.25) is 0 Å². The molecule has 0 aromatic carbocycles. The van der Waals surface area contributed by atoms with Crippen molar-refractivity contribution in [1.82, 2.24) is 4.90 Å². The molecule has 5 heteroatoms. The van der Waals surface area contributed by atoms with Crippen LogP contribution in [0.3, 0.4) is 0 Å². The minimum absolute atomic E-state index is 0.263. The van der Waals surface area contributed by atoms with Gasteiger partial charge in [-0.3, -0.25) is 0 Å². The van der Waals surface area contributed by atoms with E-state index >= 15 is 0 Å². The molecule has 2 rings (SSSR count). The zero-order valence-corrected chi connectivity index (χ0v) is 12.2. The smallest absolute Gasteiger partial charge is 0.330 e. The Morgan fingerprint density at radius 2 is 1.65 bits per heavy atom. The number of piperidine rings is 1. The highest BCUT2D eigenvalue weighted by molar-refractivity contribution is 4.86. The van der Waals surface area contributed by atoms with Gasteiger partial charge >= 0.3 is 6.18 Å². The maximum atomic E-state index is 12.6. The monoisotopic (exact) mass is 292 g/mol. The number of nitrogens with two attached hydrogens (primary N) is 1. The van der Waals surface area contributed by atoms with Gasteiger partial charge in [-0.15, -0.1) is 0 Å². The predicted molar refractivity (Wildman–Crippen MR) is 74.4 cm³/mol. The molecule has 1 aliphatic heterocycles. The third-order valence-corrected chi connectivity index (χ3v) is 5.36. The minimum atomic E-state index is -4.01. The highest BCUT2D eigenvalue weighted by Gasteiger charge is 2.41. The Kier molecular flexibility index (Phi) is 5.35. The topological polar surface area (TPSA) is 29.3 Å². The first-order valence-electron chi connectivity index (χ1n) is 7.94. The van der Waals surface area contributed by atoms with E-state index in [2.05, 4.69) is 4.90 Å². The van der Waals surface area contributed by atoms with E-state index in [1.54, 1.807) is 0 Å². The average Bonchev–Trinajstić information content (AvgIpc) is 2.46. The van der Waals surface area contributed by atoms with Crippen LogP contribution in [-0.4, -0.2) is 37.3 Å². The van der Waals surface area contributed by atoms with Gasteiger partial charge in [0.05, 0.1) is 5.92 Å². The van der Waals surface area contributed by atoms with E-state index in [1.807, 2.05) is 0 Å². The molecule has 0 spiro atoms. The summed E-state index contributed by atoms with van der Waals surface area (Å²) in [5, 5.41) is 0. The molecule has 0 bridgehead atoms. The zero-order valence-electron chi connectivity index (χ0n) is 12.2. The molecule has 0 amide bonds. The Labute approximate surface area is 119 Å². The van der Waals surface area contributed by atoms with Crippen LogP contribution in [0.5, 0.6) is 0 Å². The quantitative estimate of drug-likeness (QED) is 0.858. The standard InChI is InChI=1S/C15H27F3N2/c16-15(17,18)13-4-9-20(10-5-13)11-8-14(12-19)6-2-1-3-7-14/h13H,1-12,19H2. The summed E-state index contributed by atoms with van der Waals surface area (Å²) in [6.07, 6.45) is 3.79. The van der Waals surface area contributed by atoms with Crippen LogP contribution < -0.4 is 5.73 Å². The average molecular weight is 292 g/mol. The fraction of sp³-hybridized carbons (Fsp3) is 1.00. The number of hydrogen-bond acceptors (Lipinski definition) is 2. The Morgan fingerprint density at radius 1 is 1.05 bits per heavy atom. The lowest BCUT2D eigenvalue weighted by Crippen LogP contribution is -2.42. The lowest BCUT2D eigenvalue weighted by atomic mass is 9.72. The van der Waals surface area contributed by atoms with Gasteiger partial charge in [0.25, 0.3) is 0 Å². The molecule has 1 aliphatic carbocycles. The molecule has 2 aliphatic rings. The van der Waals surface area contributed by atoms with Crippen molar-refractivity contribution >= 4 is 0 Å². The van der Waals surface area contributed by atoms with Gasteiger partial charge in [-0.05, 0) is 63.7 Å². The summed E-state index contributed by atoms with van der Waals surface area (Å²) in [6, 6.07) is 0. The van der Waals surface area contributed by atoms with E-state index < -0.39 is 12.1 Å². The number of nitrogens with zero attached hydrogens (tertiary/aromatic N) is 1. The van der Waals surface area contributed by atoms with Crippen molar-refractivity contribution in [1.29, 1.82) is 0 Å². The Morgan fingerprint density at radius 3 is 2.15 bits per heavy atom. The van der Waals surface area contributed by atoms with Gasteiger partial charge in [0, 0.05) is 0 Å². The Bertz CT molecular complexity index is 290. The fourth-order valence-corrected chi connectivity index (χ4v) is 3.74. The molecule has 1 heterocycles.